The number of hydrogen-bond donors (Lipinski definition) is 9. The molecule has 1 aromatic carbocycles. The van der Waals surface area contributed by atoms with Gasteiger partial charge in [0.2, 0.25) is 0 Å². The summed E-state index contributed by atoms with van der Waals surface area (Å²) in [5, 5.41) is 71.4. The van der Waals surface area contributed by atoms with Crippen molar-refractivity contribution < 1.29 is 40.5 Å². The number of fused-ring (bicyclic) bond motifs is 2. The minimum absolute atomic E-state index is 0.0321. The second-order valence-electron chi connectivity index (χ2n) is 12.5. The molecule has 1 saturated heterocycles. The smallest absolute Gasteiger partial charge is 0.167 e. The molecule has 16 nitrogen and oxygen atoms in total. The van der Waals surface area contributed by atoms with Gasteiger partial charge in [-0.2, -0.15) is 0 Å². The van der Waals surface area contributed by atoms with E-state index in [1.54, 1.807) is 12.1 Å². The van der Waals surface area contributed by atoms with E-state index in [1.165, 1.54) is 17.2 Å². The van der Waals surface area contributed by atoms with E-state index < -0.39 is 55.8 Å². The number of aryl methyl sites for hydroxylation is 1. The van der Waals surface area contributed by atoms with Crippen molar-refractivity contribution in [2.24, 2.45) is 5.92 Å². The van der Waals surface area contributed by atoms with Crippen LogP contribution in [0.2, 0.25) is 0 Å². The zero-order valence-corrected chi connectivity index (χ0v) is 25.3. The van der Waals surface area contributed by atoms with Gasteiger partial charge in [-0.25, -0.2) is 19.9 Å². The van der Waals surface area contributed by atoms with Gasteiger partial charge >= 0.3 is 0 Å². The average Bonchev–Trinajstić information content (AvgIpc) is 3.74. The van der Waals surface area contributed by atoms with Crippen molar-refractivity contribution in [1.82, 2.24) is 34.4 Å². The van der Waals surface area contributed by atoms with Crippen LogP contribution >= 0.6 is 0 Å². The van der Waals surface area contributed by atoms with Crippen LogP contribution in [0.25, 0.3) is 22.2 Å². The van der Waals surface area contributed by atoms with Crippen LogP contribution in [0.4, 0.5) is 5.82 Å². The maximum atomic E-state index is 11.0. The van der Waals surface area contributed by atoms with E-state index in [-0.39, 0.29) is 31.6 Å². The van der Waals surface area contributed by atoms with Crippen molar-refractivity contribution in [3.8, 4) is 0 Å². The first-order valence-corrected chi connectivity index (χ1v) is 15.5. The van der Waals surface area contributed by atoms with E-state index in [0.29, 0.717) is 34.6 Å². The third-order valence-electron chi connectivity index (χ3n) is 9.80. The van der Waals surface area contributed by atoms with Crippen LogP contribution in [0.5, 0.6) is 0 Å². The van der Waals surface area contributed by atoms with Crippen molar-refractivity contribution in [2.75, 3.05) is 45.3 Å². The lowest BCUT2D eigenvalue weighted by atomic mass is 9.76. The first-order valence-electron chi connectivity index (χ1n) is 15.5. The van der Waals surface area contributed by atoms with Crippen molar-refractivity contribution in [2.45, 2.75) is 67.7 Å². The normalized spacial score (nSPS) is 25.3. The predicted octanol–water partition coefficient (Wildman–Crippen LogP) is -1.81. The van der Waals surface area contributed by atoms with E-state index in [0.717, 1.165) is 30.6 Å². The highest BCUT2D eigenvalue weighted by atomic mass is 16.6. The second kappa shape index (κ2) is 13.4. The summed E-state index contributed by atoms with van der Waals surface area (Å²) in [6.07, 6.45) is 1.61. The molecule has 0 bridgehead atoms. The van der Waals surface area contributed by atoms with Gasteiger partial charge in [0, 0.05) is 19.0 Å². The Morgan fingerprint density at radius 3 is 2.46 bits per heavy atom. The lowest BCUT2D eigenvalue weighted by Crippen LogP contribution is -2.56. The van der Waals surface area contributed by atoms with E-state index in [4.69, 9.17) is 15.5 Å². The fraction of sp³-hybridized carbons (Fsp3) is 0.600. The first-order chi connectivity index (χ1) is 22.2. The number of anilines is 1. The number of aliphatic hydroxyl groups is 7. The molecule has 6 rings (SSSR count). The van der Waals surface area contributed by atoms with Gasteiger partial charge < -0.3 is 51.2 Å². The van der Waals surface area contributed by atoms with Gasteiger partial charge in [0.25, 0.3) is 0 Å². The Hall–Kier alpha value is -3.32. The van der Waals surface area contributed by atoms with Gasteiger partial charge in [-0.1, -0.05) is 6.07 Å². The number of ether oxygens (including phenoxy) is 1. The quantitative estimate of drug-likeness (QED) is 0.0735. The molecule has 46 heavy (non-hydrogen) atoms. The van der Waals surface area contributed by atoms with Crippen LogP contribution in [0, 0.1) is 5.92 Å². The standard InChI is InChI=1S/C30H42N8O8/c31-27-24-28(33-14-32-27)38(15-34-24)29-26(45)25(44)22(46-29)8-37(19(9-39)10-40)18-5-16(6-18)1-4-23-35-20-3-2-17(7-21(20)36-23)30(11-41,12-42)13-43/h2-3,7,14-16,18-19,22,25-26,29,39-45H,1,4-6,8-13H2,(H,35,36)(H2,31,32,33)/t16?,18?,22-,25-,26-,29-/m1/s1. The fourth-order valence-corrected chi connectivity index (χ4v) is 6.72. The van der Waals surface area contributed by atoms with Gasteiger partial charge in [0.05, 0.1) is 61.9 Å². The summed E-state index contributed by atoms with van der Waals surface area (Å²) in [6, 6.07) is 4.85. The second-order valence-corrected chi connectivity index (χ2v) is 12.5. The summed E-state index contributed by atoms with van der Waals surface area (Å²) in [5.74, 6) is 1.36. The minimum atomic E-state index is -1.27. The summed E-state index contributed by atoms with van der Waals surface area (Å²) in [4.78, 5) is 22.4. The van der Waals surface area contributed by atoms with Crippen LogP contribution in [0.1, 0.15) is 36.9 Å². The van der Waals surface area contributed by atoms with Gasteiger partial charge in [0.1, 0.15) is 36.0 Å². The van der Waals surface area contributed by atoms with Gasteiger partial charge in [-0.05, 0) is 42.9 Å². The monoisotopic (exact) mass is 642 g/mol. The highest BCUT2D eigenvalue weighted by Gasteiger charge is 2.47. The first kappa shape index (κ1) is 32.6. The van der Waals surface area contributed by atoms with Crippen LogP contribution in [-0.2, 0) is 16.6 Å². The molecule has 10 N–H and O–H groups in total. The lowest BCUT2D eigenvalue weighted by molar-refractivity contribution is -0.0759. The van der Waals surface area contributed by atoms with E-state index in [1.807, 2.05) is 11.0 Å². The molecule has 1 aliphatic carbocycles. The Morgan fingerprint density at radius 2 is 1.76 bits per heavy atom. The SMILES string of the molecule is Nc1ncnc2c1ncn2[C@@H]1O[C@H](CN(C(CO)CO)C2CC(CCc3nc4cc(C(CO)(CO)CO)ccc4[nH]3)C2)[C@@H](O)[C@H]1O. The third kappa shape index (κ3) is 5.85. The lowest BCUT2D eigenvalue weighted by Gasteiger charge is -2.46. The van der Waals surface area contributed by atoms with Crippen molar-refractivity contribution in [1.29, 1.82) is 0 Å². The molecule has 4 atom stereocenters. The molecule has 0 amide bonds. The molecule has 0 radical (unpaired) electrons. The predicted molar refractivity (Wildman–Crippen MR) is 164 cm³/mol. The molecule has 0 spiro atoms. The van der Waals surface area contributed by atoms with E-state index >= 15 is 0 Å². The van der Waals surface area contributed by atoms with Gasteiger partial charge in [-0.3, -0.25) is 9.47 Å². The number of rotatable bonds is 14. The van der Waals surface area contributed by atoms with Crippen LogP contribution in [0.15, 0.2) is 30.9 Å². The number of imidazole rings is 2. The molecule has 0 unspecified atom stereocenters. The Kier molecular flexibility index (Phi) is 9.52. The van der Waals surface area contributed by atoms with Crippen LogP contribution in [0.3, 0.4) is 0 Å². The summed E-state index contributed by atoms with van der Waals surface area (Å²) in [6.45, 7) is -1.55. The Morgan fingerprint density at radius 1 is 1.02 bits per heavy atom. The average molecular weight is 643 g/mol. The van der Waals surface area contributed by atoms with Crippen LogP contribution in [-0.4, -0.2) is 140 Å². The molecule has 1 saturated carbocycles. The number of H-pyrrole nitrogens is 1. The van der Waals surface area contributed by atoms with Crippen LogP contribution < -0.4 is 5.73 Å². The Balaban J connectivity index is 1.09. The number of nitrogen functional groups attached to an aromatic ring is 1. The number of hydrogen-bond acceptors (Lipinski definition) is 14. The number of aliphatic hydroxyl groups excluding tert-OH is 7. The molecule has 2 aliphatic rings. The van der Waals surface area contributed by atoms with Crippen molar-refractivity contribution >= 4 is 28.0 Å². The minimum Gasteiger partial charge on any atom is -0.395 e. The number of nitrogens with zero attached hydrogens (tertiary/aromatic N) is 6. The summed E-state index contributed by atoms with van der Waals surface area (Å²) in [7, 11) is 0. The zero-order chi connectivity index (χ0) is 32.6. The fourth-order valence-electron chi connectivity index (χ4n) is 6.72. The summed E-state index contributed by atoms with van der Waals surface area (Å²) < 4.78 is 7.66. The third-order valence-corrected chi connectivity index (χ3v) is 9.80. The number of aromatic nitrogens is 6. The number of nitrogens with two attached hydrogens (primary N) is 1. The molecule has 16 heteroatoms. The van der Waals surface area contributed by atoms with E-state index in [2.05, 4.69) is 19.9 Å². The topological polar surface area (TPSA) is 252 Å². The molecule has 4 heterocycles. The van der Waals surface area contributed by atoms with Gasteiger partial charge in [0.15, 0.2) is 17.7 Å². The maximum Gasteiger partial charge on any atom is 0.167 e. The highest BCUT2D eigenvalue weighted by Crippen LogP contribution is 2.38. The summed E-state index contributed by atoms with van der Waals surface area (Å²) in [5.41, 5.74) is 7.61. The Bertz CT molecular complexity index is 1610. The molecular formula is C30H42N8O8. The molecule has 1 aliphatic heterocycles. The zero-order valence-electron chi connectivity index (χ0n) is 25.3. The summed E-state index contributed by atoms with van der Waals surface area (Å²) >= 11 is 0. The number of nitrogens with one attached hydrogen (secondary N) is 1. The molecule has 2 fully saturated rings. The number of aromatic amines is 1. The van der Waals surface area contributed by atoms with Crippen molar-refractivity contribution in [3.63, 3.8) is 0 Å². The van der Waals surface area contributed by atoms with Gasteiger partial charge in [-0.15, -0.1) is 0 Å². The Labute approximate surface area is 264 Å². The number of benzene rings is 1. The molecule has 4 aromatic rings. The molecule has 250 valence electrons. The van der Waals surface area contributed by atoms with Crippen molar-refractivity contribution in [3.05, 3.63) is 42.2 Å². The maximum absolute atomic E-state index is 11.0. The molecule has 3 aromatic heterocycles. The largest absolute Gasteiger partial charge is 0.395 e. The molecular weight excluding hydrogens is 600 g/mol. The van der Waals surface area contributed by atoms with E-state index in [9.17, 15) is 35.7 Å². The highest BCUT2D eigenvalue weighted by molar-refractivity contribution is 5.81.